The molecule has 6 nitrogen and oxygen atoms in total. The summed E-state index contributed by atoms with van der Waals surface area (Å²) in [5.41, 5.74) is 0.620. The Labute approximate surface area is 143 Å². The van der Waals surface area contributed by atoms with E-state index >= 15 is 0 Å². The monoisotopic (exact) mass is 356 g/mol. The van der Waals surface area contributed by atoms with Crippen molar-refractivity contribution in [3.05, 3.63) is 23.2 Å². The number of thioether (sulfide) groups is 1. The van der Waals surface area contributed by atoms with Gasteiger partial charge in [0.05, 0.1) is 10.9 Å². The Kier molecular flexibility index (Phi) is 5.54. The zero-order chi connectivity index (χ0) is 17.1. The molecule has 1 unspecified atom stereocenters. The van der Waals surface area contributed by atoms with E-state index in [1.165, 1.54) is 11.8 Å². The molecule has 0 aliphatic carbocycles. The highest BCUT2D eigenvalue weighted by Crippen LogP contribution is 2.38. The second-order valence-electron chi connectivity index (χ2n) is 5.57. The summed E-state index contributed by atoms with van der Waals surface area (Å²) < 4.78 is 0. The molecule has 1 aromatic rings. The summed E-state index contributed by atoms with van der Waals surface area (Å²) >= 11 is 7.15. The van der Waals surface area contributed by atoms with Crippen LogP contribution in [-0.2, 0) is 14.4 Å². The van der Waals surface area contributed by atoms with Crippen molar-refractivity contribution in [2.75, 3.05) is 5.32 Å². The number of anilines is 1. The van der Waals surface area contributed by atoms with E-state index in [1.807, 2.05) is 0 Å². The topological polar surface area (TPSA) is 95.5 Å². The number of rotatable bonds is 5. The van der Waals surface area contributed by atoms with Crippen LogP contribution in [0.5, 0.6) is 0 Å². The van der Waals surface area contributed by atoms with Crippen molar-refractivity contribution in [2.45, 2.75) is 36.5 Å². The fraction of sp³-hybridized carbons (Fsp3) is 0.400. The van der Waals surface area contributed by atoms with Gasteiger partial charge in [0.15, 0.2) is 0 Å². The lowest BCUT2D eigenvalue weighted by molar-refractivity contribution is -0.143. The van der Waals surface area contributed by atoms with Crippen molar-refractivity contribution < 1.29 is 19.5 Å². The Morgan fingerprint density at radius 1 is 1.43 bits per heavy atom. The van der Waals surface area contributed by atoms with Gasteiger partial charge < -0.3 is 15.7 Å². The van der Waals surface area contributed by atoms with Crippen LogP contribution in [0, 0.1) is 5.92 Å². The van der Waals surface area contributed by atoms with Crippen LogP contribution in [0.2, 0.25) is 5.02 Å². The molecule has 0 saturated heterocycles. The van der Waals surface area contributed by atoms with Gasteiger partial charge in [0.1, 0.15) is 6.04 Å². The van der Waals surface area contributed by atoms with Gasteiger partial charge in [-0.15, -0.1) is 11.8 Å². The minimum atomic E-state index is -1.09. The molecule has 0 saturated carbocycles. The summed E-state index contributed by atoms with van der Waals surface area (Å²) in [6, 6.07) is 4.17. The van der Waals surface area contributed by atoms with E-state index < -0.39 is 23.2 Å². The number of nitrogens with one attached hydrogen (secondary N) is 2. The summed E-state index contributed by atoms with van der Waals surface area (Å²) in [7, 11) is 0. The van der Waals surface area contributed by atoms with Crippen LogP contribution in [0.4, 0.5) is 5.69 Å². The number of fused-ring (bicyclic) bond motifs is 1. The first-order valence-electron chi connectivity index (χ1n) is 7.07. The fourth-order valence-corrected chi connectivity index (χ4v) is 3.43. The maximum absolute atomic E-state index is 12.1. The standard InChI is InChI=1S/C15H17ClN2O4S/c1-7(2)13(15(21)22)18-12(19)6-11-14(20)17-9-5-8(16)3-4-10(9)23-11/h3-5,7,11,13H,6H2,1-2H3,(H,17,20)(H,18,19)(H,21,22)/t11?,13-/m0/s1. The maximum atomic E-state index is 12.1. The number of hydrogen-bond donors (Lipinski definition) is 3. The van der Waals surface area contributed by atoms with Gasteiger partial charge in [-0.1, -0.05) is 25.4 Å². The van der Waals surface area contributed by atoms with Gasteiger partial charge in [-0.3, -0.25) is 9.59 Å². The predicted molar refractivity (Wildman–Crippen MR) is 88.7 cm³/mol. The summed E-state index contributed by atoms with van der Waals surface area (Å²) in [5.74, 6) is -2.09. The number of halogens is 1. The van der Waals surface area contributed by atoms with E-state index in [9.17, 15) is 14.4 Å². The lowest BCUT2D eigenvalue weighted by Gasteiger charge is -2.25. The second-order valence-corrected chi connectivity index (χ2v) is 7.25. The highest BCUT2D eigenvalue weighted by molar-refractivity contribution is 8.01. The zero-order valence-corrected chi connectivity index (χ0v) is 14.2. The van der Waals surface area contributed by atoms with Crippen LogP contribution in [0.15, 0.2) is 23.1 Å². The smallest absolute Gasteiger partial charge is 0.326 e. The largest absolute Gasteiger partial charge is 0.480 e. The Morgan fingerprint density at radius 3 is 2.74 bits per heavy atom. The van der Waals surface area contributed by atoms with Crippen molar-refractivity contribution in [2.24, 2.45) is 5.92 Å². The van der Waals surface area contributed by atoms with E-state index in [0.717, 1.165) is 4.90 Å². The Balaban J connectivity index is 2.03. The van der Waals surface area contributed by atoms with Gasteiger partial charge in [0, 0.05) is 16.3 Å². The Morgan fingerprint density at radius 2 is 2.13 bits per heavy atom. The third-order valence-corrected chi connectivity index (χ3v) is 4.89. The van der Waals surface area contributed by atoms with E-state index in [1.54, 1.807) is 32.0 Å². The van der Waals surface area contributed by atoms with Crippen molar-refractivity contribution in [1.29, 1.82) is 0 Å². The van der Waals surface area contributed by atoms with Crippen LogP contribution in [0.25, 0.3) is 0 Å². The third-order valence-electron chi connectivity index (χ3n) is 3.38. The van der Waals surface area contributed by atoms with Gasteiger partial charge in [0.2, 0.25) is 11.8 Å². The summed E-state index contributed by atoms with van der Waals surface area (Å²) in [6.45, 7) is 3.42. The Hall–Kier alpha value is -1.73. The van der Waals surface area contributed by atoms with Crippen LogP contribution in [-0.4, -0.2) is 34.2 Å². The number of amides is 2. The quantitative estimate of drug-likeness (QED) is 0.752. The zero-order valence-electron chi connectivity index (χ0n) is 12.6. The van der Waals surface area contributed by atoms with E-state index in [-0.39, 0.29) is 18.2 Å². The molecule has 0 fully saturated rings. The first-order valence-corrected chi connectivity index (χ1v) is 8.33. The molecule has 2 rings (SSSR count). The number of carboxylic acid groups (broad SMARTS) is 1. The highest BCUT2D eigenvalue weighted by Gasteiger charge is 2.31. The second kappa shape index (κ2) is 7.23. The number of hydrogen-bond acceptors (Lipinski definition) is 4. The molecule has 3 N–H and O–H groups in total. The molecular weight excluding hydrogens is 340 g/mol. The molecule has 2 atom stereocenters. The highest BCUT2D eigenvalue weighted by atomic mass is 35.5. The van der Waals surface area contributed by atoms with Crippen LogP contribution in [0.1, 0.15) is 20.3 Å². The average molecular weight is 357 g/mol. The van der Waals surface area contributed by atoms with Gasteiger partial charge in [-0.2, -0.15) is 0 Å². The SMILES string of the molecule is CC(C)[C@H](NC(=O)CC1Sc2ccc(Cl)cc2NC1=O)C(=O)O. The van der Waals surface area contributed by atoms with Crippen LogP contribution < -0.4 is 10.6 Å². The maximum Gasteiger partial charge on any atom is 0.326 e. The molecule has 23 heavy (non-hydrogen) atoms. The molecule has 8 heteroatoms. The number of carbonyl (C=O) groups is 3. The molecule has 1 aliphatic rings. The molecule has 0 aromatic heterocycles. The Bertz CT molecular complexity index is 650. The first-order chi connectivity index (χ1) is 10.8. The average Bonchev–Trinajstić information content (AvgIpc) is 2.45. The molecule has 2 amide bonds. The number of carboxylic acids is 1. The van der Waals surface area contributed by atoms with Gasteiger partial charge >= 0.3 is 5.97 Å². The molecule has 124 valence electrons. The van der Waals surface area contributed by atoms with E-state index in [0.29, 0.717) is 10.7 Å². The minimum absolute atomic E-state index is 0.0882. The summed E-state index contributed by atoms with van der Waals surface area (Å²) in [5, 5.41) is 14.2. The molecule has 0 radical (unpaired) electrons. The molecule has 0 bridgehead atoms. The normalized spacial score (nSPS) is 18.1. The predicted octanol–water partition coefficient (Wildman–Crippen LogP) is 2.37. The molecule has 0 spiro atoms. The van der Waals surface area contributed by atoms with Crippen molar-refractivity contribution in [3.8, 4) is 0 Å². The van der Waals surface area contributed by atoms with Crippen molar-refractivity contribution in [1.82, 2.24) is 5.32 Å². The number of aliphatic carboxylic acids is 1. The van der Waals surface area contributed by atoms with Gasteiger partial charge in [0.25, 0.3) is 0 Å². The van der Waals surface area contributed by atoms with Crippen LogP contribution in [0.3, 0.4) is 0 Å². The number of carbonyl (C=O) groups excluding carboxylic acids is 2. The van der Waals surface area contributed by atoms with Crippen molar-refractivity contribution >= 4 is 46.8 Å². The van der Waals surface area contributed by atoms with Crippen LogP contribution >= 0.6 is 23.4 Å². The molecule has 1 heterocycles. The van der Waals surface area contributed by atoms with E-state index in [2.05, 4.69) is 10.6 Å². The lowest BCUT2D eigenvalue weighted by atomic mass is 10.0. The van der Waals surface area contributed by atoms with Crippen molar-refractivity contribution in [3.63, 3.8) is 0 Å². The first kappa shape index (κ1) is 17.6. The van der Waals surface area contributed by atoms with Gasteiger partial charge in [-0.25, -0.2) is 4.79 Å². The molecule has 1 aliphatic heterocycles. The molecule has 1 aromatic carbocycles. The summed E-state index contributed by atoms with van der Waals surface area (Å²) in [4.78, 5) is 36.1. The summed E-state index contributed by atoms with van der Waals surface area (Å²) in [6.07, 6.45) is -0.0882. The lowest BCUT2D eigenvalue weighted by Crippen LogP contribution is -2.46. The minimum Gasteiger partial charge on any atom is -0.480 e. The fourth-order valence-electron chi connectivity index (χ4n) is 2.17. The molecular formula is C15H17ClN2O4S. The number of benzene rings is 1. The van der Waals surface area contributed by atoms with Gasteiger partial charge in [-0.05, 0) is 24.1 Å². The van der Waals surface area contributed by atoms with E-state index in [4.69, 9.17) is 16.7 Å². The third kappa shape index (κ3) is 4.39.